The van der Waals surface area contributed by atoms with Crippen LogP contribution in [0.25, 0.3) is 6.08 Å². The molecule has 1 atom stereocenters. The number of hydrogen-bond acceptors (Lipinski definition) is 7. The molecular weight excluding hydrogens is 640 g/mol. The fourth-order valence-electron chi connectivity index (χ4n) is 4.68. The molecule has 2 heterocycles. The summed E-state index contributed by atoms with van der Waals surface area (Å²) in [7, 11) is 0. The molecule has 1 aliphatic heterocycles. The van der Waals surface area contributed by atoms with E-state index in [1.54, 1.807) is 24.5 Å². The van der Waals surface area contributed by atoms with Crippen LogP contribution >= 0.6 is 38.9 Å². The number of allylic oxidation sites excluding steroid dienone is 1. The van der Waals surface area contributed by atoms with E-state index in [0.29, 0.717) is 43.7 Å². The third-order valence-corrected chi connectivity index (χ3v) is 8.49. The Morgan fingerprint density at radius 2 is 1.81 bits per heavy atom. The second-order valence-corrected chi connectivity index (χ2v) is 11.7. The molecule has 216 valence electrons. The van der Waals surface area contributed by atoms with Crippen molar-refractivity contribution in [2.75, 3.05) is 13.2 Å². The first-order chi connectivity index (χ1) is 20.3. The average Bonchev–Trinajstić information content (AvgIpc) is 3.27. The number of benzene rings is 3. The highest BCUT2D eigenvalue weighted by atomic mass is 79.9. The standard InChI is InChI=1S/C32H28BrClN2O5S/c1-4-39-26-16-20(10-15-25(26)41-18-22-8-6-7-9-24(22)34)17-27-30(37)36-29(21-11-13-23(33)14-12-21)28(31(38)40-5-2)19(3)35-32(36)42-27/h6-17,29H,4-5,18H2,1-3H3/b27-17-/t29-/m1/s1. The van der Waals surface area contributed by atoms with Crippen LogP contribution in [-0.4, -0.2) is 23.8 Å². The van der Waals surface area contributed by atoms with Crippen LogP contribution in [0.4, 0.5) is 0 Å². The van der Waals surface area contributed by atoms with Crippen LogP contribution in [0, 0.1) is 0 Å². The minimum absolute atomic E-state index is 0.216. The summed E-state index contributed by atoms with van der Waals surface area (Å²) >= 11 is 11.0. The van der Waals surface area contributed by atoms with Gasteiger partial charge in [0.15, 0.2) is 16.3 Å². The van der Waals surface area contributed by atoms with Gasteiger partial charge in [0.05, 0.1) is 35.1 Å². The highest BCUT2D eigenvalue weighted by Gasteiger charge is 2.33. The molecule has 0 unspecified atom stereocenters. The largest absolute Gasteiger partial charge is 0.490 e. The molecule has 0 fully saturated rings. The van der Waals surface area contributed by atoms with E-state index in [2.05, 4.69) is 20.9 Å². The monoisotopic (exact) mass is 666 g/mol. The smallest absolute Gasteiger partial charge is 0.338 e. The van der Waals surface area contributed by atoms with Crippen molar-refractivity contribution in [2.45, 2.75) is 33.4 Å². The summed E-state index contributed by atoms with van der Waals surface area (Å²) in [6.07, 6.45) is 1.80. The molecule has 0 saturated heterocycles. The van der Waals surface area contributed by atoms with Gasteiger partial charge in [-0.15, -0.1) is 0 Å². The van der Waals surface area contributed by atoms with Crippen molar-refractivity contribution in [3.05, 3.63) is 124 Å². The molecule has 5 rings (SSSR count). The van der Waals surface area contributed by atoms with Crippen molar-refractivity contribution >= 4 is 50.9 Å². The Kier molecular flexibility index (Phi) is 9.30. The number of esters is 1. The SMILES string of the molecule is CCOC(=O)C1=C(C)N=c2s/c(=C\c3ccc(OCc4ccccc4Cl)c(OCC)c3)c(=O)n2[C@@H]1c1ccc(Br)cc1. The first-order valence-corrected chi connectivity index (χ1v) is 15.4. The molecule has 0 bridgehead atoms. The molecule has 42 heavy (non-hydrogen) atoms. The third kappa shape index (κ3) is 6.23. The lowest BCUT2D eigenvalue weighted by atomic mass is 9.96. The first kappa shape index (κ1) is 29.8. The van der Waals surface area contributed by atoms with Crippen LogP contribution in [0.15, 0.2) is 92.3 Å². The normalized spacial score (nSPS) is 14.8. The van der Waals surface area contributed by atoms with Crippen LogP contribution in [0.3, 0.4) is 0 Å². The number of rotatable bonds is 9. The zero-order chi connectivity index (χ0) is 29.8. The molecule has 10 heteroatoms. The second-order valence-electron chi connectivity index (χ2n) is 9.37. The van der Waals surface area contributed by atoms with Gasteiger partial charge in [-0.1, -0.05) is 75.3 Å². The number of thiazole rings is 1. The molecule has 0 spiro atoms. The van der Waals surface area contributed by atoms with Crippen molar-refractivity contribution in [3.8, 4) is 11.5 Å². The van der Waals surface area contributed by atoms with Crippen LogP contribution in [0.1, 0.15) is 43.5 Å². The van der Waals surface area contributed by atoms with E-state index in [0.717, 1.165) is 21.2 Å². The molecule has 4 aromatic rings. The molecule has 0 N–H and O–H groups in total. The van der Waals surface area contributed by atoms with E-state index in [4.69, 9.17) is 25.8 Å². The lowest BCUT2D eigenvalue weighted by Gasteiger charge is -2.24. The van der Waals surface area contributed by atoms with Crippen molar-refractivity contribution in [2.24, 2.45) is 4.99 Å². The molecular formula is C32H28BrClN2O5S. The summed E-state index contributed by atoms with van der Waals surface area (Å²) in [5.41, 5.74) is 3.02. The number of hydrogen-bond donors (Lipinski definition) is 0. The molecule has 3 aromatic carbocycles. The lowest BCUT2D eigenvalue weighted by molar-refractivity contribution is -0.139. The maximum Gasteiger partial charge on any atom is 0.338 e. The molecule has 1 aromatic heterocycles. The van der Waals surface area contributed by atoms with Gasteiger partial charge in [-0.2, -0.15) is 0 Å². The molecule has 0 saturated carbocycles. The summed E-state index contributed by atoms with van der Waals surface area (Å²) in [4.78, 5) is 32.1. The number of ether oxygens (including phenoxy) is 3. The topological polar surface area (TPSA) is 79.1 Å². The zero-order valence-electron chi connectivity index (χ0n) is 23.2. The number of halogens is 2. The van der Waals surface area contributed by atoms with Crippen molar-refractivity contribution in [1.82, 2.24) is 4.57 Å². The van der Waals surface area contributed by atoms with E-state index in [1.165, 1.54) is 11.3 Å². The summed E-state index contributed by atoms with van der Waals surface area (Å²) < 4.78 is 20.2. The highest BCUT2D eigenvalue weighted by Crippen LogP contribution is 2.32. The second kappa shape index (κ2) is 13.1. The van der Waals surface area contributed by atoms with Gasteiger partial charge < -0.3 is 14.2 Å². The van der Waals surface area contributed by atoms with Crippen molar-refractivity contribution in [1.29, 1.82) is 0 Å². The van der Waals surface area contributed by atoms with Gasteiger partial charge in [-0.05, 0) is 68.3 Å². The Labute approximate surface area is 260 Å². The average molecular weight is 668 g/mol. The van der Waals surface area contributed by atoms with Gasteiger partial charge in [0, 0.05) is 15.1 Å². The Morgan fingerprint density at radius 1 is 1.05 bits per heavy atom. The van der Waals surface area contributed by atoms with Crippen molar-refractivity contribution < 1.29 is 19.0 Å². The summed E-state index contributed by atoms with van der Waals surface area (Å²) in [5, 5.41) is 0.630. The minimum Gasteiger partial charge on any atom is -0.490 e. The number of nitrogens with zero attached hydrogens (tertiary/aromatic N) is 2. The Hall–Kier alpha value is -3.66. The Balaban J connectivity index is 1.55. The maximum atomic E-state index is 13.9. The van der Waals surface area contributed by atoms with Gasteiger partial charge in [0.2, 0.25) is 0 Å². The van der Waals surface area contributed by atoms with Gasteiger partial charge in [0.25, 0.3) is 5.56 Å². The highest BCUT2D eigenvalue weighted by molar-refractivity contribution is 9.10. The summed E-state index contributed by atoms with van der Waals surface area (Å²) in [6, 6.07) is 19.9. The fourth-order valence-corrected chi connectivity index (χ4v) is 6.18. The lowest BCUT2D eigenvalue weighted by Crippen LogP contribution is -2.39. The summed E-state index contributed by atoms with van der Waals surface area (Å²) in [5.74, 6) is 0.634. The van der Waals surface area contributed by atoms with Crippen LogP contribution in [0.2, 0.25) is 5.02 Å². The molecule has 1 aliphatic rings. The van der Waals surface area contributed by atoms with Gasteiger partial charge in [-0.25, -0.2) is 9.79 Å². The molecule has 0 amide bonds. The van der Waals surface area contributed by atoms with E-state index in [9.17, 15) is 9.59 Å². The minimum atomic E-state index is -0.671. The predicted octanol–water partition coefficient (Wildman–Crippen LogP) is 6.19. The van der Waals surface area contributed by atoms with Crippen LogP contribution < -0.4 is 24.4 Å². The predicted molar refractivity (Wildman–Crippen MR) is 168 cm³/mol. The van der Waals surface area contributed by atoms with Crippen LogP contribution in [-0.2, 0) is 16.1 Å². The van der Waals surface area contributed by atoms with E-state index < -0.39 is 12.0 Å². The number of carbonyl (C=O) groups is 1. The Morgan fingerprint density at radius 3 is 2.52 bits per heavy atom. The number of carbonyl (C=O) groups excluding carboxylic acids is 1. The van der Waals surface area contributed by atoms with Gasteiger partial charge in [-0.3, -0.25) is 9.36 Å². The quantitative estimate of drug-likeness (QED) is 0.199. The maximum absolute atomic E-state index is 13.9. The number of fused-ring (bicyclic) bond motifs is 1. The number of aromatic nitrogens is 1. The van der Waals surface area contributed by atoms with Crippen LogP contribution in [0.5, 0.6) is 11.5 Å². The first-order valence-electron chi connectivity index (χ1n) is 13.4. The summed E-state index contributed by atoms with van der Waals surface area (Å²) in [6.45, 7) is 6.36. The van der Waals surface area contributed by atoms with E-state index in [-0.39, 0.29) is 18.8 Å². The fraction of sp³-hybridized carbons (Fsp3) is 0.219. The van der Waals surface area contributed by atoms with E-state index >= 15 is 0 Å². The zero-order valence-corrected chi connectivity index (χ0v) is 26.4. The molecule has 0 radical (unpaired) electrons. The van der Waals surface area contributed by atoms with Gasteiger partial charge >= 0.3 is 5.97 Å². The molecule has 7 nitrogen and oxygen atoms in total. The van der Waals surface area contributed by atoms with Crippen molar-refractivity contribution in [3.63, 3.8) is 0 Å². The third-order valence-electron chi connectivity index (χ3n) is 6.61. The molecule has 0 aliphatic carbocycles. The van der Waals surface area contributed by atoms with Gasteiger partial charge in [0.1, 0.15) is 6.61 Å². The Bertz CT molecular complexity index is 1850. The van der Waals surface area contributed by atoms with E-state index in [1.807, 2.05) is 73.7 Å².